The molecule has 1 nitrogen and oxygen atoms in total. The molecule has 0 bridgehead atoms. The lowest BCUT2D eigenvalue weighted by molar-refractivity contribution is 0.999. The predicted octanol–water partition coefficient (Wildman–Crippen LogP) is 3.08. The molecule has 0 spiro atoms. The van der Waals surface area contributed by atoms with Crippen molar-refractivity contribution in [2.75, 3.05) is 11.5 Å². The number of rotatable bonds is 3. The maximum atomic E-state index is 5.74. The first-order chi connectivity index (χ1) is 6.25. The summed E-state index contributed by atoms with van der Waals surface area (Å²) in [6.07, 6.45) is 2.85. The Morgan fingerprint density at radius 2 is 2.23 bits per heavy atom. The first-order valence-electron chi connectivity index (χ1n) is 4.74. The van der Waals surface area contributed by atoms with Crippen LogP contribution in [0.2, 0.25) is 0 Å². The molecule has 1 aromatic rings. The molecule has 0 heterocycles. The molecule has 1 aliphatic carbocycles. The van der Waals surface area contributed by atoms with Crippen LogP contribution in [0.4, 0.5) is 5.69 Å². The minimum absolute atomic E-state index is 0.879. The largest absolute Gasteiger partial charge is 0.399 e. The molecule has 1 aromatic carbocycles. The van der Waals surface area contributed by atoms with Crippen molar-refractivity contribution in [2.45, 2.75) is 24.7 Å². The minimum atomic E-state index is 0.879. The molecule has 0 unspecified atom stereocenters. The molecule has 2 rings (SSSR count). The van der Waals surface area contributed by atoms with Gasteiger partial charge in [-0.3, -0.25) is 0 Å². The van der Waals surface area contributed by atoms with Crippen LogP contribution < -0.4 is 5.73 Å². The summed E-state index contributed by atoms with van der Waals surface area (Å²) in [5.41, 5.74) is 7.96. The number of hydrogen-bond donors (Lipinski definition) is 1. The molecule has 1 aliphatic rings. The zero-order chi connectivity index (χ0) is 9.26. The van der Waals surface area contributed by atoms with Gasteiger partial charge >= 0.3 is 0 Å². The number of nitrogen functional groups attached to an aromatic ring is 1. The van der Waals surface area contributed by atoms with E-state index in [-0.39, 0.29) is 0 Å². The van der Waals surface area contributed by atoms with Crippen molar-refractivity contribution in [1.82, 2.24) is 0 Å². The third-order valence-corrected chi connectivity index (χ3v) is 3.77. The third kappa shape index (κ3) is 2.41. The lowest BCUT2D eigenvalue weighted by atomic mass is 10.2. The van der Waals surface area contributed by atoms with Crippen molar-refractivity contribution in [3.63, 3.8) is 0 Å². The maximum Gasteiger partial charge on any atom is 0.0325 e. The molecule has 1 fully saturated rings. The molecule has 0 amide bonds. The SMILES string of the molecule is Cc1ccc(N)cc1SCC1CC1. The summed E-state index contributed by atoms with van der Waals surface area (Å²) < 4.78 is 0. The highest BCUT2D eigenvalue weighted by molar-refractivity contribution is 7.99. The first-order valence-corrected chi connectivity index (χ1v) is 5.73. The molecule has 0 aliphatic heterocycles. The number of aryl methyl sites for hydroxylation is 1. The molecule has 70 valence electrons. The lowest BCUT2D eigenvalue weighted by Crippen LogP contribution is -1.88. The Hall–Kier alpha value is -0.630. The summed E-state index contributed by atoms with van der Waals surface area (Å²) in [6.45, 7) is 2.15. The molecule has 13 heavy (non-hydrogen) atoms. The van der Waals surface area contributed by atoms with E-state index >= 15 is 0 Å². The second-order valence-electron chi connectivity index (χ2n) is 3.78. The fourth-order valence-corrected chi connectivity index (χ4v) is 2.53. The van der Waals surface area contributed by atoms with Gasteiger partial charge in [-0.2, -0.15) is 0 Å². The second-order valence-corrected chi connectivity index (χ2v) is 4.84. The fourth-order valence-electron chi connectivity index (χ4n) is 1.26. The molecule has 0 radical (unpaired) electrons. The first kappa shape index (κ1) is 8.95. The number of thioether (sulfide) groups is 1. The standard InChI is InChI=1S/C11H15NS/c1-8-2-5-10(12)6-11(8)13-7-9-3-4-9/h2,5-6,9H,3-4,7,12H2,1H3. The average molecular weight is 193 g/mol. The van der Waals surface area contributed by atoms with E-state index in [1.54, 1.807) is 0 Å². The van der Waals surface area contributed by atoms with Crippen molar-refractivity contribution in [1.29, 1.82) is 0 Å². The van der Waals surface area contributed by atoms with Gasteiger partial charge in [-0.05, 0) is 43.4 Å². The number of anilines is 1. The van der Waals surface area contributed by atoms with Crippen LogP contribution in [0.3, 0.4) is 0 Å². The van der Waals surface area contributed by atoms with E-state index in [1.165, 1.54) is 29.1 Å². The number of hydrogen-bond acceptors (Lipinski definition) is 2. The summed E-state index contributed by atoms with van der Waals surface area (Å²) in [5, 5.41) is 0. The quantitative estimate of drug-likeness (QED) is 0.589. The summed E-state index contributed by atoms with van der Waals surface area (Å²) in [5.74, 6) is 2.25. The van der Waals surface area contributed by atoms with E-state index < -0.39 is 0 Å². The predicted molar refractivity (Wildman–Crippen MR) is 59.0 cm³/mol. The van der Waals surface area contributed by atoms with Crippen LogP contribution in [0.15, 0.2) is 23.1 Å². The molecule has 0 aromatic heterocycles. The van der Waals surface area contributed by atoms with E-state index in [0.29, 0.717) is 0 Å². The van der Waals surface area contributed by atoms with Crippen molar-refractivity contribution in [3.05, 3.63) is 23.8 Å². The Morgan fingerprint density at radius 1 is 1.46 bits per heavy atom. The fraction of sp³-hybridized carbons (Fsp3) is 0.455. The van der Waals surface area contributed by atoms with E-state index in [4.69, 9.17) is 5.73 Å². The van der Waals surface area contributed by atoms with E-state index in [0.717, 1.165) is 11.6 Å². The number of benzene rings is 1. The molecule has 2 N–H and O–H groups in total. The Labute approximate surface area is 83.7 Å². The van der Waals surface area contributed by atoms with Gasteiger partial charge in [-0.25, -0.2) is 0 Å². The van der Waals surface area contributed by atoms with Crippen molar-refractivity contribution in [2.24, 2.45) is 5.92 Å². The Balaban J connectivity index is 2.03. The second kappa shape index (κ2) is 3.62. The molecule has 1 saturated carbocycles. The summed E-state index contributed by atoms with van der Waals surface area (Å²) >= 11 is 1.95. The van der Waals surface area contributed by atoms with Gasteiger partial charge in [0.2, 0.25) is 0 Å². The molecular weight excluding hydrogens is 178 g/mol. The highest BCUT2D eigenvalue weighted by atomic mass is 32.2. The van der Waals surface area contributed by atoms with Gasteiger partial charge in [-0.15, -0.1) is 11.8 Å². The van der Waals surface area contributed by atoms with E-state index in [2.05, 4.69) is 19.1 Å². The van der Waals surface area contributed by atoms with Gasteiger partial charge in [0.25, 0.3) is 0 Å². The van der Waals surface area contributed by atoms with Gasteiger partial charge in [0.1, 0.15) is 0 Å². The summed E-state index contributed by atoms with van der Waals surface area (Å²) in [4.78, 5) is 1.35. The highest BCUT2D eigenvalue weighted by Crippen LogP contribution is 2.36. The Bertz CT molecular complexity index is 305. The smallest absolute Gasteiger partial charge is 0.0325 e. The highest BCUT2D eigenvalue weighted by Gasteiger charge is 2.21. The van der Waals surface area contributed by atoms with E-state index in [1.807, 2.05) is 17.8 Å². The van der Waals surface area contributed by atoms with E-state index in [9.17, 15) is 0 Å². The number of nitrogens with two attached hydrogens (primary N) is 1. The maximum absolute atomic E-state index is 5.74. The Morgan fingerprint density at radius 3 is 2.92 bits per heavy atom. The van der Waals surface area contributed by atoms with Crippen molar-refractivity contribution < 1.29 is 0 Å². The van der Waals surface area contributed by atoms with Crippen LogP contribution in [0.25, 0.3) is 0 Å². The lowest BCUT2D eigenvalue weighted by Gasteiger charge is -2.05. The molecule has 0 atom stereocenters. The minimum Gasteiger partial charge on any atom is -0.399 e. The van der Waals surface area contributed by atoms with Crippen LogP contribution in [0, 0.1) is 12.8 Å². The molecule has 2 heteroatoms. The summed E-state index contributed by atoms with van der Waals surface area (Å²) in [6, 6.07) is 6.16. The average Bonchev–Trinajstić information content (AvgIpc) is 2.90. The van der Waals surface area contributed by atoms with Crippen LogP contribution in [0.5, 0.6) is 0 Å². The molecular formula is C11H15NS. The van der Waals surface area contributed by atoms with Gasteiger partial charge in [0.05, 0.1) is 0 Å². The topological polar surface area (TPSA) is 26.0 Å². The van der Waals surface area contributed by atoms with Crippen LogP contribution in [-0.4, -0.2) is 5.75 Å². The van der Waals surface area contributed by atoms with Gasteiger partial charge in [0.15, 0.2) is 0 Å². The zero-order valence-electron chi connectivity index (χ0n) is 7.92. The van der Waals surface area contributed by atoms with Gasteiger partial charge in [-0.1, -0.05) is 6.07 Å². The van der Waals surface area contributed by atoms with Crippen LogP contribution in [0.1, 0.15) is 18.4 Å². The Kier molecular flexibility index (Phi) is 2.49. The van der Waals surface area contributed by atoms with Crippen LogP contribution in [-0.2, 0) is 0 Å². The zero-order valence-corrected chi connectivity index (χ0v) is 8.73. The van der Waals surface area contributed by atoms with Crippen molar-refractivity contribution in [3.8, 4) is 0 Å². The van der Waals surface area contributed by atoms with Gasteiger partial charge < -0.3 is 5.73 Å². The van der Waals surface area contributed by atoms with Crippen LogP contribution >= 0.6 is 11.8 Å². The summed E-state index contributed by atoms with van der Waals surface area (Å²) in [7, 11) is 0. The van der Waals surface area contributed by atoms with Gasteiger partial charge in [0, 0.05) is 16.3 Å². The molecule has 0 saturated heterocycles. The van der Waals surface area contributed by atoms with Crippen molar-refractivity contribution >= 4 is 17.4 Å². The third-order valence-electron chi connectivity index (χ3n) is 2.38. The normalized spacial score (nSPS) is 16.1. The monoisotopic (exact) mass is 193 g/mol.